The number of carbonyl (C=O) groups is 1. The van der Waals surface area contributed by atoms with Crippen LogP contribution in [0.2, 0.25) is 0 Å². The molecule has 0 unspecified atom stereocenters. The van der Waals surface area contributed by atoms with Crippen molar-refractivity contribution in [1.29, 1.82) is 0 Å². The highest BCUT2D eigenvalue weighted by atomic mass is 127. The SMILES string of the molecule is CN=C(NCCNC(=O)C(C)C)N1CCN(S(=O)(=O)CCOC(C)C)CC1.I. The summed E-state index contributed by atoms with van der Waals surface area (Å²) in [5.41, 5.74) is 0. The molecule has 0 radical (unpaired) electrons. The lowest BCUT2D eigenvalue weighted by atomic mass is 10.2. The number of nitrogens with zero attached hydrogens (tertiary/aromatic N) is 3. The van der Waals surface area contributed by atoms with Crippen LogP contribution in [0, 0.1) is 5.92 Å². The van der Waals surface area contributed by atoms with Crippen LogP contribution in [0.25, 0.3) is 0 Å². The molecule has 28 heavy (non-hydrogen) atoms. The molecule has 0 atom stereocenters. The minimum Gasteiger partial charge on any atom is -0.378 e. The third-order valence-corrected chi connectivity index (χ3v) is 6.00. The minimum atomic E-state index is -3.30. The monoisotopic (exact) mass is 533 g/mol. The van der Waals surface area contributed by atoms with Crippen molar-refractivity contribution >= 4 is 45.9 Å². The van der Waals surface area contributed by atoms with E-state index in [0.717, 1.165) is 0 Å². The van der Waals surface area contributed by atoms with Crippen LogP contribution in [-0.4, -0.2) is 94.3 Å². The molecule has 11 heteroatoms. The van der Waals surface area contributed by atoms with Crippen molar-refractivity contribution in [3.63, 3.8) is 0 Å². The van der Waals surface area contributed by atoms with Crippen molar-refractivity contribution in [3.8, 4) is 0 Å². The fraction of sp³-hybridized carbons (Fsp3) is 0.882. The lowest BCUT2D eigenvalue weighted by molar-refractivity contribution is -0.123. The molecule has 0 bridgehead atoms. The Hall–Kier alpha value is -0.660. The number of sulfonamides is 1. The maximum atomic E-state index is 12.4. The molecule has 166 valence electrons. The van der Waals surface area contributed by atoms with E-state index in [4.69, 9.17) is 4.74 Å². The first kappa shape index (κ1) is 27.3. The van der Waals surface area contributed by atoms with E-state index in [1.54, 1.807) is 7.05 Å². The molecule has 1 aliphatic rings. The van der Waals surface area contributed by atoms with Gasteiger partial charge in [0.1, 0.15) is 0 Å². The molecule has 1 fully saturated rings. The predicted octanol–water partition coefficient (Wildman–Crippen LogP) is 0.324. The molecule has 9 nitrogen and oxygen atoms in total. The van der Waals surface area contributed by atoms with Gasteiger partial charge in [-0.2, -0.15) is 4.31 Å². The summed E-state index contributed by atoms with van der Waals surface area (Å²) in [6.07, 6.45) is 0.0248. The summed E-state index contributed by atoms with van der Waals surface area (Å²) >= 11 is 0. The standard InChI is InChI=1S/C17H35N5O4S.HI/c1-14(2)16(23)19-6-7-20-17(18-5)21-8-10-22(11-9-21)27(24,25)13-12-26-15(3)4;/h14-15H,6-13H2,1-5H3,(H,18,20)(H,19,23);1H. The lowest BCUT2D eigenvalue weighted by Crippen LogP contribution is -2.54. The maximum absolute atomic E-state index is 12.4. The van der Waals surface area contributed by atoms with E-state index in [-0.39, 0.29) is 54.3 Å². The van der Waals surface area contributed by atoms with E-state index < -0.39 is 10.0 Å². The average Bonchev–Trinajstić information content (AvgIpc) is 2.61. The Morgan fingerprint density at radius 2 is 1.64 bits per heavy atom. The largest absolute Gasteiger partial charge is 0.378 e. The van der Waals surface area contributed by atoms with Crippen molar-refractivity contribution in [2.45, 2.75) is 33.8 Å². The molecule has 1 saturated heterocycles. The summed E-state index contributed by atoms with van der Waals surface area (Å²) in [6, 6.07) is 0. The van der Waals surface area contributed by atoms with Gasteiger partial charge in [-0.25, -0.2) is 8.42 Å². The zero-order valence-corrected chi connectivity index (χ0v) is 20.7. The fourth-order valence-corrected chi connectivity index (χ4v) is 3.88. The van der Waals surface area contributed by atoms with Gasteiger partial charge in [-0.15, -0.1) is 24.0 Å². The van der Waals surface area contributed by atoms with Gasteiger partial charge in [0.05, 0.1) is 18.5 Å². The van der Waals surface area contributed by atoms with Gasteiger partial charge in [-0.3, -0.25) is 9.79 Å². The Morgan fingerprint density at radius 1 is 1.07 bits per heavy atom. The third-order valence-electron chi connectivity index (χ3n) is 4.17. The molecule has 1 aliphatic heterocycles. The molecule has 0 saturated carbocycles. The zero-order chi connectivity index (χ0) is 20.4. The van der Waals surface area contributed by atoms with Crippen LogP contribution in [0.1, 0.15) is 27.7 Å². The highest BCUT2D eigenvalue weighted by Crippen LogP contribution is 2.09. The summed E-state index contributed by atoms with van der Waals surface area (Å²) in [6.45, 7) is 10.8. The first-order valence-corrected chi connectivity index (χ1v) is 11.1. The van der Waals surface area contributed by atoms with Crippen molar-refractivity contribution in [3.05, 3.63) is 0 Å². The second-order valence-corrected chi connectivity index (χ2v) is 9.13. The van der Waals surface area contributed by atoms with Crippen molar-refractivity contribution in [2.24, 2.45) is 10.9 Å². The maximum Gasteiger partial charge on any atom is 0.222 e. The number of amides is 1. The van der Waals surface area contributed by atoms with Gasteiger partial charge >= 0.3 is 0 Å². The van der Waals surface area contributed by atoms with Crippen LogP contribution in [0.4, 0.5) is 0 Å². The summed E-state index contributed by atoms with van der Waals surface area (Å²) in [4.78, 5) is 17.8. The topological polar surface area (TPSA) is 103 Å². The molecule has 0 spiro atoms. The van der Waals surface area contributed by atoms with Crippen LogP contribution >= 0.6 is 24.0 Å². The molecule has 2 N–H and O–H groups in total. The van der Waals surface area contributed by atoms with E-state index in [9.17, 15) is 13.2 Å². The Bertz CT molecular complexity index is 590. The average molecular weight is 533 g/mol. The van der Waals surface area contributed by atoms with Crippen molar-refractivity contribution < 1.29 is 17.9 Å². The number of ether oxygens (including phenoxy) is 1. The molecule has 0 aliphatic carbocycles. The van der Waals surface area contributed by atoms with Gasteiger partial charge < -0.3 is 20.3 Å². The van der Waals surface area contributed by atoms with Gasteiger partial charge in [0, 0.05) is 52.2 Å². The number of rotatable bonds is 9. The summed E-state index contributed by atoms with van der Waals surface area (Å²) in [5, 5.41) is 6.05. The van der Waals surface area contributed by atoms with Gasteiger partial charge in [0.15, 0.2) is 5.96 Å². The first-order chi connectivity index (χ1) is 12.7. The number of halogens is 1. The number of hydrogen-bond donors (Lipinski definition) is 2. The fourth-order valence-electron chi connectivity index (χ4n) is 2.59. The Morgan fingerprint density at radius 3 is 2.14 bits per heavy atom. The number of guanidine groups is 1. The number of piperazine rings is 1. The lowest BCUT2D eigenvalue weighted by Gasteiger charge is -2.35. The first-order valence-electron chi connectivity index (χ1n) is 9.50. The molecule has 0 aromatic heterocycles. The normalized spacial score (nSPS) is 16.2. The predicted molar refractivity (Wildman–Crippen MR) is 123 cm³/mol. The molecular formula is C17H36IN5O4S. The van der Waals surface area contributed by atoms with E-state index in [1.807, 2.05) is 32.6 Å². The van der Waals surface area contributed by atoms with Crippen molar-refractivity contribution in [2.75, 3.05) is 58.7 Å². The van der Waals surface area contributed by atoms with E-state index in [0.29, 0.717) is 45.2 Å². The highest BCUT2D eigenvalue weighted by Gasteiger charge is 2.27. The van der Waals surface area contributed by atoms with Gasteiger partial charge in [0.2, 0.25) is 15.9 Å². The number of carbonyl (C=O) groups excluding carboxylic acids is 1. The molecule has 1 amide bonds. The second kappa shape index (κ2) is 13.5. The van der Waals surface area contributed by atoms with E-state index in [1.165, 1.54) is 4.31 Å². The molecule has 0 aromatic rings. The molecule has 1 heterocycles. The zero-order valence-electron chi connectivity index (χ0n) is 17.6. The quantitative estimate of drug-likeness (QED) is 0.192. The van der Waals surface area contributed by atoms with Crippen LogP contribution in [0.3, 0.4) is 0 Å². The number of nitrogens with one attached hydrogen (secondary N) is 2. The summed E-state index contributed by atoms with van der Waals surface area (Å²) in [7, 11) is -1.60. The highest BCUT2D eigenvalue weighted by molar-refractivity contribution is 14.0. The van der Waals surface area contributed by atoms with Crippen LogP contribution < -0.4 is 10.6 Å². The van der Waals surface area contributed by atoms with Gasteiger partial charge in [-0.1, -0.05) is 13.8 Å². The minimum absolute atomic E-state index is 0. The van der Waals surface area contributed by atoms with Crippen LogP contribution in [0.5, 0.6) is 0 Å². The van der Waals surface area contributed by atoms with E-state index >= 15 is 0 Å². The van der Waals surface area contributed by atoms with Crippen molar-refractivity contribution in [1.82, 2.24) is 19.8 Å². The Labute approximate surface area is 186 Å². The van der Waals surface area contributed by atoms with Gasteiger partial charge in [0.25, 0.3) is 0 Å². The molecule has 0 aromatic carbocycles. The van der Waals surface area contributed by atoms with Crippen LogP contribution in [0.15, 0.2) is 4.99 Å². The second-order valence-electron chi connectivity index (χ2n) is 7.04. The Balaban J connectivity index is 0.00000729. The molecule has 1 rings (SSSR count). The van der Waals surface area contributed by atoms with Crippen LogP contribution in [-0.2, 0) is 19.6 Å². The Kier molecular flexibility index (Phi) is 13.2. The summed E-state index contributed by atoms with van der Waals surface area (Å²) < 4.78 is 31.6. The number of hydrogen-bond acceptors (Lipinski definition) is 5. The third kappa shape index (κ3) is 9.70. The van der Waals surface area contributed by atoms with Gasteiger partial charge in [-0.05, 0) is 13.8 Å². The number of aliphatic imine (C=N–C) groups is 1. The molecular weight excluding hydrogens is 497 g/mol. The smallest absolute Gasteiger partial charge is 0.222 e. The summed E-state index contributed by atoms with van der Waals surface area (Å²) in [5.74, 6) is 0.708. The van der Waals surface area contributed by atoms with E-state index in [2.05, 4.69) is 15.6 Å².